The van der Waals surface area contributed by atoms with Crippen molar-refractivity contribution in [3.8, 4) is 11.3 Å². The van der Waals surface area contributed by atoms with Gasteiger partial charge in [0.1, 0.15) is 12.1 Å². The van der Waals surface area contributed by atoms with Crippen LogP contribution >= 0.6 is 11.6 Å². The number of nitrogens with zero attached hydrogens (tertiary/aromatic N) is 3. The van der Waals surface area contributed by atoms with Gasteiger partial charge in [0.2, 0.25) is 0 Å². The van der Waals surface area contributed by atoms with Crippen LogP contribution in [0.3, 0.4) is 0 Å². The summed E-state index contributed by atoms with van der Waals surface area (Å²) in [6.45, 7) is 2.00. The zero-order valence-electron chi connectivity index (χ0n) is 8.72. The maximum Gasteiger partial charge on any atom is 0.344 e. The van der Waals surface area contributed by atoms with Gasteiger partial charge in [0.15, 0.2) is 5.69 Å². The summed E-state index contributed by atoms with van der Waals surface area (Å²) < 4.78 is 0.648. The van der Waals surface area contributed by atoms with Crippen molar-refractivity contribution in [2.75, 3.05) is 0 Å². The van der Waals surface area contributed by atoms with E-state index in [2.05, 4.69) is 10.2 Å². The summed E-state index contributed by atoms with van der Waals surface area (Å²) in [4.78, 5) is 0. The lowest BCUT2D eigenvalue weighted by atomic mass is 10.1. The van der Waals surface area contributed by atoms with Gasteiger partial charge in [0, 0.05) is 5.56 Å². The van der Waals surface area contributed by atoms with Crippen molar-refractivity contribution in [3.05, 3.63) is 47.1 Å². The lowest BCUT2D eigenvalue weighted by molar-refractivity contribution is -0.616. The molecule has 1 aromatic heterocycles. The third-order valence-corrected chi connectivity index (χ3v) is 2.47. The number of aryl methyl sites for hydroxylation is 1. The molecule has 4 nitrogen and oxygen atoms in total. The Morgan fingerprint density at radius 1 is 1.25 bits per heavy atom. The maximum absolute atomic E-state index is 11.4. The summed E-state index contributed by atoms with van der Waals surface area (Å²) in [7, 11) is 0. The number of hydrogen-bond acceptors (Lipinski definition) is 3. The van der Waals surface area contributed by atoms with Crippen molar-refractivity contribution in [2.45, 2.75) is 12.8 Å². The monoisotopic (exact) mass is 235 g/mol. The van der Waals surface area contributed by atoms with E-state index >= 15 is 0 Å². The van der Waals surface area contributed by atoms with Crippen LogP contribution in [0.25, 0.3) is 11.3 Å². The maximum atomic E-state index is 11.4. The van der Waals surface area contributed by atoms with Crippen molar-refractivity contribution >= 4 is 11.6 Å². The summed E-state index contributed by atoms with van der Waals surface area (Å²) in [5.41, 5.74) is 2.57. The van der Waals surface area contributed by atoms with Gasteiger partial charge in [-0.25, -0.2) is 4.73 Å². The van der Waals surface area contributed by atoms with Crippen molar-refractivity contribution in [1.29, 1.82) is 0 Å². The molecule has 0 atom stereocenters. The smallest absolute Gasteiger partial charge is 0.344 e. The first-order chi connectivity index (χ1) is 7.70. The SMILES string of the molecule is Cc1ccc(-c2c[n+]([O-])c(CCl)nn2)cc1. The summed E-state index contributed by atoms with van der Waals surface area (Å²) in [6, 6.07) is 7.72. The molecule has 0 bridgehead atoms. The highest BCUT2D eigenvalue weighted by Crippen LogP contribution is 2.15. The predicted molar refractivity (Wildman–Crippen MR) is 60.7 cm³/mol. The molecule has 5 heteroatoms. The molecule has 0 aliphatic rings. The van der Waals surface area contributed by atoms with Crippen LogP contribution in [-0.4, -0.2) is 10.2 Å². The largest absolute Gasteiger partial charge is 0.711 e. The van der Waals surface area contributed by atoms with Crippen molar-refractivity contribution in [2.24, 2.45) is 0 Å². The lowest BCUT2D eigenvalue weighted by Gasteiger charge is -2.04. The number of rotatable bonds is 2. The highest BCUT2D eigenvalue weighted by Gasteiger charge is 2.10. The minimum absolute atomic E-state index is 0.0602. The molecule has 0 aliphatic carbocycles. The Morgan fingerprint density at radius 2 is 1.94 bits per heavy atom. The molecule has 16 heavy (non-hydrogen) atoms. The molecular formula is C11H10ClN3O. The van der Waals surface area contributed by atoms with Crippen LogP contribution in [0.1, 0.15) is 11.4 Å². The van der Waals surface area contributed by atoms with E-state index < -0.39 is 0 Å². The van der Waals surface area contributed by atoms with Crippen LogP contribution in [-0.2, 0) is 5.88 Å². The highest BCUT2D eigenvalue weighted by molar-refractivity contribution is 6.16. The first kappa shape index (κ1) is 10.8. The van der Waals surface area contributed by atoms with Gasteiger partial charge in [-0.15, -0.1) is 11.6 Å². The second kappa shape index (κ2) is 4.45. The molecule has 1 heterocycles. The minimum Gasteiger partial charge on any atom is -0.711 e. The van der Waals surface area contributed by atoms with Crippen molar-refractivity contribution < 1.29 is 4.73 Å². The van der Waals surface area contributed by atoms with Gasteiger partial charge in [-0.1, -0.05) is 29.8 Å². The standard InChI is InChI=1S/C11H10ClN3O/c1-8-2-4-9(5-3-8)10-7-15(16)11(6-12)14-13-10/h2-5,7H,6H2,1H3. The molecule has 1 aromatic carbocycles. The normalized spacial score (nSPS) is 10.4. The van der Waals surface area contributed by atoms with Crippen LogP contribution in [0.4, 0.5) is 0 Å². The van der Waals surface area contributed by atoms with Gasteiger partial charge in [-0.3, -0.25) is 0 Å². The lowest BCUT2D eigenvalue weighted by Crippen LogP contribution is -2.33. The Hall–Kier alpha value is -1.68. The molecule has 0 amide bonds. The Bertz CT molecular complexity index is 499. The molecule has 0 spiro atoms. The average Bonchev–Trinajstić information content (AvgIpc) is 2.30. The van der Waals surface area contributed by atoms with E-state index in [9.17, 15) is 5.21 Å². The number of halogens is 1. The third kappa shape index (κ3) is 2.12. The fraction of sp³-hybridized carbons (Fsp3) is 0.182. The van der Waals surface area contributed by atoms with E-state index in [0.29, 0.717) is 10.4 Å². The Morgan fingerprint density at radius 3 is 2.50 bits per heavy atom. The second-order valence-corrected chi connectivity index (χ2v) is 3.72. The summed E-state index contributed by atoms with van der Waals surface area (Å²) >= 11 is 5.53. The van der Waals surface area contributed by atoms with Crippen LogP contribution in [0.2, 0.25) is 0 Å². The van der Waals surface area contributed by atoms with E-state index in [1.54, 1.807) is 0 Å². The molecule has 0 saturated carbocycles. The van der Waals surface area contributed by atoms with E-state index in [-0.39, 0.29) is 11.7 Å². The molecule has 0 saturated heterocycles. The highest BCUT2D eigenvalue weighted by atomic mass is 35.5. The molecule has 82 valence electrons. The van der Waals surface area contributed by atoms with Gasteiger partial charge >= 0.3 is 5.82 Å². The van der Waals surface area contributed by atoms with Crippen molar-refractivity contribution in [1.82, 2.24) is 10.2 Å². The zero-order valence-corrected chi connectivity index (χ0v) is 9.48. The number of alkyl halides is 1. The molecule has 0 aliphatic heterocycles. The van der Waals surface area contributed by atoms with Crippen molar-refractivity contribution in [3.63, 3.8) is 0 Å². The van der Waals surface area contributed by atoms with Gasteiger partial charge in [0.25, 0.3) is 0 Å². The number of benzene rings is 1. The van der Waals surface area contributed by atoms with Crippen LogP contribution in [0.5, 0.6) is 0 Å². The van der Waals surface area contributed by atoms with Gasteiger partial charge in [0.05, 0.1) is 5.10 Å². The molecule has 0 N–H and O–H groups in total. The topological polar surface area (TPSA) is 52.7 Å². The summed E-state index contributed by atoms with van der Waals surface area (Å²) in [5, 5.41) is 19.2. The minimum atomic E-state index is 0.0602. The number of hydrogen-bond donors (Lipinski definition) is 0. The summed E-state index contributed by atoms with van der Waals surface area (Å²) in [5.74, 6) is 0.266. The van der Waals surface area contributed by atoms with Gasteiger partial charge in [-0.05, 0) is 12.0 Å². The molecular weight excluding hydrogens is 226 g/mol. The van der Waals surface area contributed by atoms with Gasteiger partial charge < -0.3 is 5.21 Å². The Kier molecular flexibility index (Phi) is 3.01. The molecule has 0 unspecified atom stereocenters. The zero-order chi connectivity index (χ0) is 11.5. The Balaban J connectivity index is 2.41. The fourth-order valence-electron chi connectivity index (χ4n) is 1.31. The first-order valence-corrected chi connectivity index (χ1v) is 5.33. The van der Waals surface area contributed by atoms with Crippen LogP contribution in [0, 0.1) is 12.1 Å². The summed E-state index contributed by atoms with van der Waals surface area (Å²) in [6.07, 6.45) is 1.38. The fourth-order valence-corrected chi connectivity index (χ4v) is 1.48. The number of aromatic nitrogens is 3. The Labute approximate surface area is 98.1 Å². The predicted octanol–water partition coefficient (Wildman–Crippen LogP) is 1.82. The quantitative estimate of drug-likeness (QED) is 0.453. The van der Waals surface area contributed by atoms with E-state index in [0.717, 1.165) is 11.1 Å². The molecule has 2 aromatic rings. The molecule has 2 rings (SSSR count). The molecule has 0 fully saturated rings. The van der Waals surface area contributed by atoms with E-state index in [1.165, 1.54) is 6.20 Å². The van der Waals surface area contributed by atoms with Crippen LogP contribution < -0.4 is 4.73 Å². The average molecular weight is 236 g/mol. The molecule has 0 radical (unpaired) electrons. The second-order valence-electron chi connectivity index (χ2n) is 3.46. The first-order valence-electron chi connectivity index (χ1n) is 4.79. The van der Waals surface area contributed by atoms with E-state index in [1.807, 2.05) is 31.2 Å². The van der Waals surface area contributed by atoms with Gasteiger partial charge in [-0.2, -0.15) is 0 Å². The third-order valence-electron chi connectivity index (χ3n) is 2.23. The van der Waals surface area contributed by atoms with Crippen LogP contribution in [0.15, 0.2) is 30.5 Å². The van der Waals surface area contributed by atoms with E-state index in [4.69, 9.17) is 11.6 Å².